The third-order valence-corrected chi connectivity index (χ3v) is 6.38. The second kappa shape index (κ2) is 11.4. The van der Waals surface area contributed by atoms with Crippen molar-refractivity contribution in [2.75, 3.05) is 32.1 Å². The van der Waals surface area contributed by atoms with Gasteiger partial charge in [-0.2, -0.15) is 0 Å². The van der Waals surface area contributed by atoms with Crippen LogP contribution >= 0.6 is 0 Å². The van der Waals surface area contributed by atoms with Crippen LogP contribution in [0.5, 0.6) is 17.2 Å². The summed E-state index contributed by atoms with van der Waals surface area (Å²) in [7, 11) is -0.719. The van der Waals surface area contributed by atoms with Gasteiger partial charge in [0.1, 0.15) is 17.2 Å². The molecule has 0 fully saturated rings. The van der Waals surface area contributed by atoms with E-state index in [1.54, 1.807) is 50.6 Å². The largest absolute Gasteiger partial charge is 0.497 e. The number of sulfonamides is 1. The van der Waals surface area contributed by atoms with E-state index in [1.807, 2.05) is 19.1 Å². The summed E-state index contributed by atoms with van der Waals surface area (Å²) in [6, 6.07) is 18.0. The topological polar surface area (TPSA) is 103 Å². The van der Waals surface area contributed by atoms with Gasteiger partial charge in [0.2, 0.25) is 0 Å². The molecule has 0 saturated heterocycles. The van der Waals surface area contributed by atoms with Crippen LogP contribution < -0.4 is 24.2 Å². The summed E-state index contributed by atoms with van der Waals surface area (Å²) in [5, 5.41) is 2.82. The molecule has 9 heteroatoms. The minimum Gasteiger partial charge on any atom is -0.497 e. The fraction of sp³-hybridized carbons (Fsp3) is 0.240. The van der Waals surface area contributed by atoms with Crippen LogP contribution in [0.4, 0.5) is 5.69 Å². The van der Waals surface area contributed by atoms with Crippen LogP contribution in [0.2, 0.25) is 0 Å². The predicted octanol–water partition coefficient (Wildman–Crippen LogP) is 3.88. The Kier molecular flexibility index (Phi) is 8.37. The number of benzene rings is 3. The van der Waals surface area contributed by atoms with Crippen molar-refractivity contribution in [1.29, 1.82) is 0 Å². The SMILES string of the molecule is CCOc1ccc(NS(=O)(=O)c2cccc(C(=O)NCCc3ccc(OC)cc3OC)c2)cc1. The van der Waals surface area contributed by atoms with Crippen molar-refractivity contribution in [1.82, 2.24) is 5.32 Å². The number of methoxy groups -OCH3 is 2. The summed E-state index contributed by atoms with van der Waals surface area (Å²) in [6.07, 6.45) is 0.538. The Hall–Kier alpha value is -3.72. The Labute approximate surface area is 199 Å². The molecule has 0 bridgehead atoms. The first-order chi connectivity index (χ1) is 16.4. The van der Waals surface area contributed by atoms with Gasteiger partial charge in [-0.3, -0.25) is 9.52 Å². The van der Waals surface area contributed by atoms with E-state index in [1.165, 1.54) is 18.2 Å². The summed E-state index contributed by atoms with van der Waals surface area (Å²) in [4.78, 5) is 12.6. The zero-order chi connectivity index (χ0) is 24.6. The first kappa shape index (κ1) is 24.9. The van der Waals surface area contributed by atoms with Crippen molar-refractivity contribution in [3.63, 3.8) is 0 Å². The van der Waals surface area contributed by atoms with Crippen LogP contribution in [0.3, 0.4) is 0 Å². The van der Waals surface area contributed by atoms with Gasteiger partial charge in [-0.15, -0.1) is 0 Å². The molecule has 3 aromatic rings. The highest BCUT2D eigenvalue weighted by Gasteiger charge is 2.17. The first-order valence-corrected chi connectivity index (χ1v) is 12.2. The molecule has 0 heterocycles. The molecular weight excluding hydrogens is 456 g/mol. The molecule has 180 valence electrons. The number of amides is 1. The summed E-state index contributed by atoms with van der Waals surface area (Å²) in [6.45, 7) is 2.74. The Balaban J connectivity index is 1.64. The third kappa shape index (κ3) is 6.41. The third-order valence-electron chi connectivity index (χ3n) is 5.00. The van der Waals surface area contributed by atoms with Crippen LogP contribution in [-0.2, 0) is 16.4 Å². The molecule has 0 spiro atoms. The number of ether oxygens (including phenoxy) is 3. The van der Waals surface area contributed by atoms with Gasteiger partial charge in [0, 0.05) is 23.9 Å². The molecular formula is C25H28N2O6S. The summed E-state index contributed by atoms with van der Waals surface area (Å²) >= 11 is 0. The van der Waals surface area contributed by atoms with Crippen LogP contribution in [0.15, 0.2) is 71.6 Å². The molecule has 0 unspecified atom stereocenters. The molecule has 0 aliphatic heterocycles. The average molecular weight is 485 g/mol. The van der Waals surface area contributed by atoms with Crippen molar-refractivity contribution in [2.24, 2.45) is 0 Å². The second-order valence-electron chi connectivity index (χ2n) is 7.27. The smallest absolute Gasteiger partial charge is 0.261 e. The van der Waals surface area contributed by atoms with Gasteiger partial charge < -0.3 is 19.5 Å². The maximum Gasteiger partial charge on any atom is 0.261 e. The minimum absolute atomic E-state index is 0.00846. The van der Waals surface area contributed by atoms with Crippen molar-refractivity contribution in [2.45, 2.75) is 18.2 Å². The van der Waals surface area contributed by atoms with Gasteiger partial charge in [0.25, 0.3) is 15.9 Å². The molecule has 8 nitrogen and oxygen atoms in total. The maximum absolute atomic E-state index is 12.8. The lowest BCUT2D eigenvalue weighted by molar-refractivity contribution is 0.0954. The molecule has 0 atom stereocenters. The van der Waals surface area contributed by atoms with Gasteiger partial charge in [0.15, 0.2) is 0 Å². The Morgan fingerprint density at radius 2 is 1.65 bits per heavy atom. The normalized spacial score (nSPS) is 10.9. The van der Waals surface area contributed by atoms with Gasteiger partial charge in [0.05, 0.1) is 25.7 Å². The number of anilines is 1. The number of rotatable bonds is 11. The lowest BCUT2D eigenvalue weighted by atomic mass is 10.1. The standard InChI is InChI=1S/C25H28N2O6S/c1-4-33-21-12-9-20(10-13-21)27-34(29,30)23-7-5-6-19(16-23)25(28)26-15-14-18-8-11-22(31-2)17-24(18)32-3/h5-13,16-17,27H,4,14-15H2,1-3H3,(H,26,28). The van der Waals surface area contributed by atoms with Gasteiger partial charge in [-0.05, 0) is 67.4 Å². The number of hydrogen-bond donors (Lipinski definition) is 2. The zero-order valence-electron chi connectivity index (χ0n) is 19.3. The lowest BCUT2D eigenvalue weighted by Crippen LogP contribution is -2.26. The highest BCUT2D eigenvalue weighted by Crippen LogP contribution is 2.25. The lowest BCUT2D eigenvalue weighted by Gasteiger charge is -2.12. The molecule has 1 amide bonds. The van der Waals surface area contributed by atoms with E-state index in [0.717, 1.165) is 5.56 Å². The Bertz CT molecular complexity index is 1230. The highest BCUT2D eigenvalue weighted by molar-refractivity contribution is 7.92. The number of carbonyl (C=O) groups excluding carboxylic acids is 1. The summed E-state index contributed by atoms with van der Waals surface area (Å²) in [5.74, 6) is 1.63. The molecule has 3 aromatic carbocycles. The van der Waals surface area contributed by atoms with Crippen LogP contribution in [-0.4, -0.2) is 41.7 Å². The van der Waals surface area contributed by atoms with Crippen molar-refractivity contribution < 1.29 is 27.4 Å². The van der Waals surface area contributed by atoms with Gasteiger partial charge in [-0.25, -0.2) is 8.42 Å². The van der Waals surface area contributed by atoms with Crippen molar-refractivity contribution in [3.8, 4) is 17.2 Å². The predicted molar refractivity (Wildman–Crippen MR) is 130 cm³/mol. The summed E-state index contributed by atoms with van der Waals surface area (Å²) in [5.41, 5.74) is 1.56. The van der Waals surface area contributed by atoms with Crippen LogP contribution in [0.1, 0.15) is 22.8 Å². The van der Waals surface area contributed by atoms with E-state index < -0.39 is 10.0 Å². The fourth-order valence-electron chi connectivity index (χ4n) is 3.28. The molecule has 0 aliphatic carbocycles. The first-order valence-electron chi connectivity index (χ1n) is 10.7. The minimum atomic E-state index is -3.87. The van der Waals surface area contributed by atoms with Crippen LogP contribution in [0.25, 0.3) is 0 Å². The number of carbonyl (C=O) groups is 1. The van der Waals surface area contributed by atoms with E-state index in [0.29, 0.717) is 42.5 Å². The van der Waals surface area contributed by atoms with E-state index in [4.69, 9.17) is 14.2 Å². The highest BCUT2D eigenvalue weighted by atomic mass is 32.2. The van der Waals surface area contributed by atoms with E-state index >= 15 is 0 Å². The maximum atomic E-state index is 12.8. The molecule has 0 aliphatic rings. The number of nitrogens with one attached hydrogen (secondary N) is 2. The molecule has 3 rings (SSSR count). The molecule has 2 N–H and O–H groups in total. The molecule has 0 aromatic heterocycles. The number of hydrogen-bond acceptors (Lipinski definition) is 6. The van der Waals surface area contributed by atoms with E-state index in [2.05, 4.69) is 10.0 Å². The van der Waals surface area contributed by atoms with E-state index in [-0.39, 0.29) is 16.4 Å². The zero-order valence-corrected chi connectivity index (χ0v) is 20.1. The quantitative estimate of drug-likeness (QED) is 0.428. The monoisotopic (exact) mass is 484 g/mol. The summed E-state index contributed by atoms with van der Waals surface area (Å²) < 4.78 is 44.1. The fourth-order valence-corrected chi connectivity index (χ4v) is 4.38. The molecule has 34 heavy (non-hydrogen) atoms. The van der Waals surface area contributed by atoms with Crippen molar-refractivity contribution in [3.05, 3.63) is 77.9 Å². The molecule has 0 saturated carbocycles. The Morgan fingerprint density at radius 1 is 0.912 bits per heavy atom. The second-order valence-corrected chi connectivity index (χ2v) is 8.96. The van der Waals surface area contributed by atoms with Gasteiger partial charge in [-0.1, -0.05) is 12.1 Å². The Morgan fingerprint density at radius 3 is 2.32 bits per heavy atom. The average Bonchev–Trinajstić information content (AvgIpc) is 2.85. The van der Waals surface area contributed by atoms with E-state index in [9.17, 15) is 13.2 Å². The van der Waals surface area contributed by atoms with Crippen LogP contribution in [0, 0.1) is 0 Å². The molecule has 0 radical (unpaired) electrons. The van der Waals surface area contributed by atoms with Gasteiger partial charge >= 0.3 is 0 Å². The van der Waals surface area contributed by atoms with Crippen molar-refractivity contribution >= 4 is 21.6 Å².